The predicted octanol–water partition coefficient (Wildman–Crippen LogP) is 3.02. The molecular formula is C15H24N2O. The summed E-state index contributed by atoms with van der Waals surface area (Å²) in [5.74, 6) is 0.884. The summed E-state index contributed by atoms with van der Waals surface area (Å²) in [4.78, 5) is 4.47. The molecule has 0 aromatic carbocycles. The largest absolute Gasteiger partial charge is 0.492 e. The van der Waals surface area contributed by atoms with E-state index in [9.17, 15) is 0 Å². The number of ether oxygens (including phenoxy) is 1. The van der Waals surface area contributed by atoms with Crippen LogP contribution in [0.4, 0.5) is 0 Å². The molecule has 0 amide bonds. The maximum atomic E-state index is 5.78. The summed E-state index contributed by atoms with van der Waals surface area (Å²) in [5.41, 5.74) is 7.57. The van der Waals surface area contributed by atoms with Gasteiger partial charge in [0, 0.05) is 12.1 Å². The smallest absolute Gasteiger partial charge is 0.140 e. The van der Waals surface area contributed by atoms with Gasteiger partial charge in [0.15, 0.2) is 0 Å². The van der Waals surface area contributed by atoms with Crippen molar-refractivity contribution in [3.8, 4) is 5.75 Å². The van der Waals surface area contributed by atoms with Crippen LogP contribution in [0.25, 0.3) is 0 Å². The zero-order valence-electron chi connectivity index (χ0n) is 11.3. The van der Waals surface area contributed by atoms with Crippen molar-refractivity contribution in [3.63, 3.8) is 0 Å². The van der Waals surface area contributed by atoms with Crippen LogP contribution < -0.4 is 10.5 Å². The van der Waals surface area contributed by atoms with Crippen molar-refractivity contribution < 1.29 is 4.74 Å². The quantitative estimate of drug-likeness (QED) is 0.540. The molecule has 0 bridgehead atoms. The van der Waals surface area contributed by atoms with Crippen LogP contribution in [0, 0.1) is 6.92 Å². The number of unbranched alkanes of at least 4 members (excludes halogenated alkanes) is 3. The highest BCUT2D eigenvalue weighted by Gasteiger charge is 2.04. The number of hydrogen-bond acceptors (Lipinski definition) is 3. The van der Waals surface area contributed by atoms with Crippen LogP contribution >= 0.6 is 0 Å². The van der Waals surface area contributed by atoms with E-state index in [1.54, 1.807) is 0 Å². The van der Waals surface area contributed by atoms with Gasteiger partial charge < -0.3 is 10.5 Å². The fourth-order valence-electron chi connectivity index (χ4n) is 1.79. The number of aryl methyl sites for hydroxylation is 1. The highest BCUT2D eigenvalue weighted by Crippen LogP contribution is 2.17. The first-order valence-corrected chi connectivity index (χ1v) is 6.68. The van der Waals surface area contributed by atoms with Crippen molar-refractivity contribution in [3.05, 3.63) is 36.2 Å². The predicted molar refractivity (Wildman–Crippen MR) is 75.9 cm³/mol. The summed E-state index contributed by atoms with van der Waals surface area (Å²) in [6.45, 7) is 7.05. The Morgan fingerprint density at radius 3 is 2.89 bits per heavy atom. The van der Waals surface area contributed by atoms with E-state index in [0.717, 1.165) is 43.0 Å². The third-order valence-electron chi connectivity index (χ3n) is 2.76. The Bertz CT molecular complexity index is 364. The van der Waals surface area contributed by atoms with Gasteiger partial charge in [0.1, 0.15) is 5.75 Å². The molecule has 18 heavy (non-hydrogen) atoms. The fraction of sp³-hybridized carbons (Fsp3) is 0.533. The van der Waals surface area contributed by atoms with E-state index < -0.39 is 0 Å². The zero-order valence-corrected chi connectivity index (χ0v) is 11.3. The Labute approximate surface area is 110 Å². The van der Waals surface area contributed by atoms with E-state index in [1.807, 2.05) is 25.1 Å². The van der Waals surface area contributed by atoms with Gasteiger partial charge in [-0.25, -0.2) is 0 Å². The Kier molecular flexibility index (Phi) is 7.11. The molecule has 1 aromatic rings. The van der Waals surface area contributed by atoms with Crippen LogP contribution in [0.5, 0.6) is 5.75 Å². The molecule has 0 radical (unpaired) electrons. The molecule has 0 atom stereocenters. The second-order valence-electron chi connectivity index (χ2n) is 4.42. The maximum Gasteiger partial charge on any atom is 0.140 e. The van der Waals surface area contributed by atoms with E-state index in [-0.39, 0.29) is 0 Å². The molecule has 3 heteroatoms. The first kappa shape index (κ1) is 14.7. The van der Waals surface area contributed by atoms with Gasteiger partial charge in [-0.05, 0) is 51.3 Å². The summed E-state index contributed by atoms with van der Waals surface area (Å²) >= 11 is 0. The van der Waals surface area contributed by atoms with Crippen molar-refractivity contribution in [1.29, 1.82) is 0 Å². The average Bonchev–Trinajstić information content (AvgIpc) is 2.36. The third-order valence-corrected chi connectivity index (χ3v) is 2.76. The molecule has 0 spiro atoms. The molecule has 0 fully saturated rings. The summed E-state index contributed by atoms with van der Waals surface area (Å²) in [5, 5.41) is 0. The lowest BCUT2D eigenvalue weighted by Crippen LogP contribution is -2.08. The van der Waals surface area contributed by atoms with Crippen LogP contribution in [0.2, 0.25) is 0 Å². The van der Waals surface area contributed by atoms with E-state index >= 15 is 0 Å². The Hall–Kier alpha value is -1.35. The molecule has 1 aromatic heterocycles. The monoisotopic (exact) mass is 248 g/mol. The Morgan fingerprint density at radius 1 is 1.33 bits per heavy atom. The van der Waals surface area contributed by atoms with Crippen LogP contribution in [0.15, 0.2) is 24.8 Å². The van der Waals surface area contributed by atoms with Crippen molar-refractivity contribution in [2.45, 2.75) is 39.0 Å². The number of aromatic nitrogens is 1. The molecule has 0 aliphatic rings. The summed E-state index contributed by atoms with van der Waals surface area (Å²) in [7, 11) is 0. The van der Waals surface area contributed by atoms with Crippen LogP contribution in [-0.2, 0) is 6.42 Å². The van der Waals surface area contributed by atoms with Gasteiger partial charge in [-0.15, -0.1) is 6.58 Å². The third kappa shape index (κ3) is 5.32. The number of nitrogens with zero attached hydrogens (tertiary/aromatic N) is 1. The fourth-order valence-corrected chi connectivity index (χ4v) is 1.79. The zero-order chi connectivity index (χ0) is 13.2. The van der Waals surface area contributed by atoms with E-state index in [1.165, 1.54) is 12.8 Å². The van der Waals surface area contributed by atoms with Gasteiger partial charge in [0.05, 0.1) is 12.3 Å². The average molecular weight is 248 g/mol. The number of allylic oxidation sites excluding steroid dienone is 1. The van der Waals surface area contributed by atoms with Crippen LogP contribution in [0.3, 0.4) is 0 Å². The molecule has 3 nitrogen and oxygen atoms in total. The molecule has 0 aliphatic carbocycles. The SMILES string of the molecule is C=CCCCCCOc1ccc(C)nc1CCN. The lowest BCUT2D eigenvalue weighted by Gasteiger charge is -2.10. The number of pyridine rings is 1. The first-order chi connectivity index (χ1) is 8.77. The maximum absolute atomic E-state index is 5.78. The van der Waals surface area contributed by atoms with E-state index in [4.69, 9.17) is 10.5 Å². The van der Waals surface area contributed by atoms with Crippen molar-refractivity contribution >= 4 is 0 Å². The minimum absolute atomic E-state index is 0.603. The minimum Gasteiger partial charge on any atom is -0.492 e. The second-order valence-corrected chi connectivity index (χ2v) is 4.42. The summed E-state index contributed by atoms with van der Waals surface area (Å²) < 4.78 is 5.78. The van der Waals surface area contributed by atoms with Gasteiger partial charge >= 0.3 is 0 Å². The van der Waals surface area contributed by atoms with Crippen LogP contribution in [-0.4, -0.2) is 18.1 Å². The van der Waals surface area contributed by atoms with Gasteiger partial charge in [-0.3, -0.25) is 4.98 Å². The Morgan fingerprint density at radius 2 is 2.17 bits per heavy atom. The topological polar surface area (TPSA) is 48.1 Å². The van der Waals surface area contributed by atoms with Crippen molar-refractivity contribution in [2.75, 3.05) is 13.2 Å². The van der Waals surface area contributed by atoms with Gasteiger partial charge in [-0.1, -0.05) is 6.08 Å². The first-order valence-electron chi connectivity index (χ1n) is 6.68. The van der Waals surface area contributed by atoms with Crippen LogP contribution in [0.1, 0.15) is 37.1 Å². The summed E-state index contributed by atoms with van der Waals surface area (Å²) in [6, 6.07) is 3.98. The number of rotatable bonds is 9. The molecule has 1 rings (SSSR count). The van der Waals surface area contributed by atoms with E-state index in [2.05, 4.69) is 11.6 Å². The van der Waals surface area contributed by atoms with Gasteiger partial charge in [0.25, 0.3) is 0 Å². The number of hydrogen-bond donors (Lipinski definition) is 1. The molecule has 0 saturated carbocycles. The lowest BCUT2D eigenvalue weighted by atomic mass is 10.2. The standard InChI is InChI=1S/C15H24N2O/c1-3-4-5-6-7-12-18-15-9-8-13(2)17-14(15)10-11-16/h3,8-9H,1,4-7,10-12,16H2,2H3. The molecular weight excluding hydrogens is 224 g/mol. The van der Waals surface area contributed by atoms with Crippen molar-refractivity contribution in [2.24, 2.45) is 5.73 Å². The highest BCUT2D eigenvalue weighted by atomic mass is 16.5. The summed E-state index contributed by atoms with van der Waals surface area (Å²) in [6.07, 6.45) is 7.26. The molecule has 0 saturated heterocycles. The molecule has 0 unspecified atom stereocenters. The normalized spacial score (nSPS) is 10.3. The van der Waals surface area contributed by atoms with E-state index in [0.29, 0.717) is 6.54 Å². The van der Waals surface area contributed by atoms with Gasteiger partial charge in [-0.2, -0.15) is 0 Å². The van der Waals surface area contributed by atoms with Gasteiger partial charge in [0.2, 0.25) is 0 Å². The molecule has 100 valence electrons. The highest BCUT2D eigenvalue weighted by molar-refractivity contribution is 5.29. The Balaban J connectivity index is 2.38. The van der Waals surface area contributed by atoms with Crippen molar-refractivity contribution in [1.82, 2.24) is 4.98 Å². The molecule has 0 aliphatic heterocycles. The molecule has 1 heterocycles. The lowest BCUT2D eigenvalue weighted by molar-refractivity contribution is 0.301. The second kappa shape index (κ2) is 8.70. The minimum atomic E-state index is 0.603. The number of nitrogens with two attached hydrogens (primary N) is 1. The molecule has 2 N–H and O–H groups in total.